The number of rotatable bonds is 13. The Bertz CT molecular complexity index is 819. The molecule has 0 aliphatic heterocycles. The molecule has 0 saturated heterocycles. The van der Waals surface area contributed by atoms with Gasteiger partial charge in [-0.3, -0.25) is 9.59 Å². The number of nitrogens with zero attached hydrogens (tertiary/aromatic N) is 1. The van der Waals surface area contributed by atoms with E-state index < -0.39 is 6.10 Å². The normalized spacial score (nSPS) is 24.1. The second kappa shape index (κ2) is 12.3. The SMILES string of the molecule is CCCN(CCC)C(=O)C1C2C=CC(C2)C1C(=O)NCC(O)CNCc1cccc(CC)c1. The van der Waals surface area contributed by atoms with Gasteiger partial charge in [0.1, 0.15) is 0 Å². The van der Waals surface area contributed by atoms with Crippen LogP contribution in [0.25, 0.3) is 0 Å². The van der Waals surface area contributed by atoms with Gasteiger partial charge in [-0.05, 0) is 48.6 Å². The van der Waals surface area contributed by atoms with E-state index in [1.165, 1.54) is 11.1 Å². The van der Waals surface area contributed by atoms with E-state index >= 15 is 0 Å². The van der Waals surface area contributed by atoms with E-state index in [9.17, 15) is 14.7 Å². The van der Waals surface area contributed by atoms with E-state index in [-0.39, 0.29) is 42.0 Å². The van der Waals surface area contributed by atoms with Crippen LogP contribution in [0.1, 0.15) is 51.2 Å². The highest BCUT2D eigenvalue weighted by Gasteiger charge is 2.52. The Hall–Kier alpha value is -2.18. The molecule has 2 aliphatic rings. The molecule has 0 radical (unpaired) electrons. The average Bonchev–Trinajstić information content (AvgIpc) is 3.44. The van der Waals surface area contributed by atoms with Crippen molar-refractivity contribution < 1.29 is 14.7 Å². The van der Waals surface area contributed by atoms with Gasteiger partial charge in [-0.2, -0.15) is 0 Å². The summed E-state index contributed by atoms with van der Waals surface area (Å²) in [5, 5.41) is 16.6. The van der Waals surface area contributed by atoms with Crippen molar-refractivity contribution in [2.45, 2.75) is 59.1 Å². The van der Waals surface area contributed by atoms with Crippen molar-refractivity contribution in [3.05, 3.63) is 47.5 Å². The summed E-state index contributed by atoms with van der Waals surface area (Å²) >= 11 is 0. The number of hydrogen-bond donors (Lipinski definition) is 3. The van der Waals surface area contributed by atoms with E-state index in [4.69, 9.17) is 0 Å². The topological polar surface area (TPSA) is 81.7 Å². The standard InChI is InChI=1S/C27H41N3O3/c1-4-12-30(13-5-2)27(33)25-22-11-10-21(15-22)24(25)26(32)29-18-23(31)17-28-16-20-9-7-8-19(6-3)14-20/h7-11,14,21-25,28,31H,4-6,12-13,15-18H2,1-3H3,(H,29,32). The fraction of sp³-hybridized carbons (Fsp3) is 0.630. The van der Waals surface area contributed by atoms with Crippen LogP contribution in [0.2, 0.25) is 0 Å². The first kappa shape index (κ1) is 25.4. The Morgan fingerprint density at radius 1 is 1.03 bits per heavy atom. The number of carbonyl (C=O) groups excluding carboxylic acids is 2. The Morgan fingerprint density at radius 2 is 1.70 bits per heavy atom. The summed E-state index contributed by atoms with van der Waals surface area (Å²) in [6, 6.07) is 8.40. The summed E-state index contributed by atoms with van der Waals surface area (Å²) in [4.78, 5) is 28.4. The van der Waals surface area contributed by atoms with Gasteiger partial charge in [-0.15, -0.1) is 0 Å². The smallest absolute Gasteiger partial charge is 0.227 e. The van der Waals surface area contributed by atoms with Gasteiger partial charge in [-0.1, -0.05) is 57.2 Å². The van der Waals surface area contributed by atoms with Crippen molar-refractivity contribution in [1.29, 1.82) is 0 Å². The van der Waals surface area contributed by atoms with Gasteiger partial charge >= 0.3 is 0 Å². The number of amides is 2. The summed E-state index contributed by atoms with van der Waals surface area (Å²) in [5.41, 5.74) is 2.48. The van der Waals surface area contributed by atoms with Gasteiger partial charge in [0.2, 0.25) is 11.8 Å². The Kier molecular flexibility index (Phi) is 9.51. The summed E-state index contributed by atoms with van der Waals surface area (Å²) in [6.45, 7) is 9.04. The minimum absolute atomic E-state index is 0.104. The number of fused-ring (bicyclic) bond motifs is 2. The predicted octanol–water partition coefficient (Wildman–Crippen LogP) is 2.90. The molecule has 6 heteroatoms. The van der Waals surface area contributed by atoms with E-state index in [0.717, 1.165) is 38.8 Å². The van der Waals surface area contributed by atoms with Gasteiger partial charge in [0.05, 0.1) is 17.9 Å². The zero-order chi connectivity index (χ0) is 23.8. The fourth-order valence-electron chi connectivity index (χ4n) is 5.35. The molecular formula is C27H41N3O3. The molecule has 0 spiro atoms. The predicted molar refractivity (Wildman–Crippen MR) is 131 cm³/mol. The van der Waals surface area contributed by atoms with Crippen LogP contribution in [-0.2, 0) is 22.6 Å². The second-order valence-electron chi connectivity index (χ2n) is 9.53. The van der Waals surface area contributed by atoms with Crippen LogP contribution in [0.15, 0.2) is 36.4 Å². The maximum Gasteiger partial charge on any atom is 0.227 e. The lowest BCUT2D eigenvalue weighted by molar-refractivity contribution is -0.142. The molecule has 2 bridgehead atoms. The van der Waals surface area contributed by atoms with E-state index in [0.29, 0.717) is 13.1 Å². The minimum atomic E-state index is -0.678. The first-order valence-corrected chi connectivity index (χ1v) is 12.7. The van der Waals surface area contributed by atoms with Gasteiger partial charge in [0.25, 0.3) is 0 Å². The highest BCUT2D eigenvalue weighted by molar-refractivity contribution is 5.89. The molecule has 3 N–H and O–H groups in total. The number of hydrogen-bond acceptors (Lipinski definition) is 4. The number of allylic oxidation sites excluding steroid dienone is 2. The van der Waals surface area contributed by atoms with Gasteiger partial charge < -0.3 is 20.6 Å². The molecule has 1 aromatic rings. The van der Waals surface area contributed by atoms with Crippen LogP contribution < -0.4 is 10.6 Å². The zero-order valence-electron chi connectivity index (χ0n) is 20.4. The third-order valence-corrected chi connectivity index (χ3v) is 6.97. The number of carbonyl (C=O) groups is 2. The van der Waals surface area contributed by atoms with Gasteiger partial charge in [0.15, 0.2) is 0 Å². The summed E-state index contributed by atoms with van der Waals surface area (Å²) in [6.07, 6.45) is 7.26. The zero-order valence-corrected chi connectivity index (χ0v) is 20.4. The lowest BCUT2D eigenvalue weighted by atomic mass is 9.81. The summed E-state index contributed by atoms with van der Waals surface area (Å²) in [7, 11) is 0. The lowest BCUT2D eigenvalue weighted by Crippen LogP contribution is -2.48. The highest BCUT2D eigenvalue weighted by Crippen LogP contribution is 2.48. The summed E-state index contributed by atoms with van der Waals surface area (Å²) in [5.74, 6) is -0.324. The van der Waals surface area contributed by atoms with Gasteiger partial charge in [0, 0.05) is 32.7 Å². The Balaban J connectivity index is 1.50. The molecule has 0 aromatic heterocycles. The number of aliphatic hydroxyl groups excluding tert-OH is 1. The molecule has 182 valence electrons. The second-order valence-corrected chi connectivity index (χ2v) is 9.53. The molecule has 6 nitrogen and oxygen atoms in total. The molecule has 2 amide bonds. The maximum absolute atomic E-state index is 13.3. The monoisotopic (exact) mass is 455 g/mol. The van der Waals surface area contributed by atoms with Crippen LogP contribution in [0.3, 0.4) is 0 Å². The molecule has 1 fully saturated rings. The molecule has 1 saturated carbocycles. The van der Waals surface area contributed by atoms with Crippen molar-refractivity contribution >= 4 is 11.8 Å². The van der Waals surface area contributed by atoms with Crippen LogP contribution in [0.5, 0.6) is 0 Å². The Morgan fingerprint density at radius 3 is 2.36 bits per heavy atom. The molecule has 0 heterocycles. The number of aliphatic hydroxyl groups is 1. The minimum Gasteiger partial charge on any atom is -0.390 e. The molecule has 5 unspecified atom stereocenters. The Labute approximate surface area is 198 Å². The molecule has 1 aromatic carbocycles. The van der Waals surface area contributed by atoms with Crippen molar-refractivity contribution in [3.63, 3.8) is 0 Å². The number of nitrogens with one attached hydrogen (secondary N) is 2. The van der Waals surface area contributed by atoms with Gasteiger partial charge in [-0.25, -0.2) is 0 Å². The van der Waals surface area contributed by atoms with E-state index in [1.807, 2.05) is 4.90 Å². The largest absolute Gasteiger partial charge is 0.390 e. The number of benzene rings is 1. The highest BCUT2D eigenvalue weighted by atomic mass is 16.3. The molecular weight excluding hydrogens is 414 g/mol. The third kappa shape index (κ3) is 6.45. The first-order chi connectivity index (χ1) is 16.0. The lowest BCUT2D eigenvalue weighted by Gasteiger charge is -2.32. The third-order valence-electron chi connectivity index (χ3n) is 6.97. The van der Waals surface area contributed by atoms with Crippen molar-refractivity contribution in [1.82, 2.24) is 15.5 Å². The van der Waals surface area contributed by atoms with Crippen LogP contribution >= 0.6 is 0 Å². The average molecular weight is 456 g/mol. The fourth-order valence-corrected chi connectivity index (χ4v) is 5.35. The summed E-state index contributed by atoms with van der Waals surface area (Å²) < 4.78 is 0. The maximum atomic E-state index is 13.3. The van der Waals surface area contributed by atoms with Crippen LogP contribution in [0.4, 0.5) is 0 Å². The number of aryl methyl sites for hydroxylation is 1. The van der Waals surface area contributed by atoms with Crippen molar-refractivity contribution in [3.8, 4) is 0 Å². The van der Waals surface area contributed by atoms with E-state index in [1.54, 1.807) is 0 Å². The molecule has 5 atom stereocenters. The van der Waals surface area contributed by atoms with E-state index in [2.05, 4.69) is 67.8 Å². The first-order valence-electron chi connectivity index (χ1n) is 12.7. The van der Waals surface area contributed by atoms with Crippen LogP contribution in [-0.4, -0.2) is 54.1 Å². The molecule has 33 heavy (non-hydrogen) atoms. The van der Waals surface area contributed by atoms with Crippen molar-refractivity contribution in [2.24, 2.45) is 23.7 Å². The quantitative estimate of drug-likeness (QED) is 0.400. The molecule has 2 aliphatic carbocycles. The molecule has 3 rings (SSSR count). The van der Waals surface area contributed by atoms with Crippen LogP contribution in [0, 0.1) is 23.7 Å². The van der Waals surface area contributed by atoms with Crippen molar-refractivity contribution in [2.75, 3.05) is 26.2 Å².